The van der Waals surface area contributed by atoms with Gasteiger partial charge in [-0.05, 0) is 69.0 Å². The highest BCUT2D eigenvalue weighted by molar-refractivity contribution is 4.85. The van der Waals surface area contributed by atoms with Crippen LogP contribution in [0.2, 0.25) is 0 Å². The minimum absolute atomic E-state index is 0.489. The lowest BCUT2D eigenvalue weighted by Crippen LogP contribution is -2.45. The second-order valence-corrected chi connectivity index (χ2v) is 8.50. The molecule has 2 aliphatic rings. The van der Waals surface area contributed by atoms with Crippen molar-refractivity contribution in [2.75, 3.05) is 26.2 Å². The minimum atomic E-state index is 0.489. The van der Waals surface area contributed by atoms with Gasteiger partial charge < -0.3 is 10.2 Å². The molecule has 2 unspecified atom stereocenters. The van der Waals surface area contributed by atoms with Crippen LogP contribution in [0.3, 0.4) is 0 Å². The van der Waals surface area contributed by atoms with Gasteiger partial charge in [0.2, 0.25) is 0 Å². The van der Waals surface area contributed by atoms with Crippen molar-refractivity contribution in [1.82, 2.24) is 10.2 Å². The average molecular weight is 295 g/mol. The molecule has 1 heterocycles. The van der Waals surface area contributed by atoms with Gasteiger partial charge >= 0.3 is 0 Å². The van der Waals surface area contributed by atoms with E-state index in [0.29, 0.717) is 5.41 Å². The summed E-state index contributed by atoms with van der Waals surface area (Å²) in [6, 6.07) is 0.740. The molecular weight excluding hydrogens is 256 g/mol. The fraction of sp³-hybridized carbons (Fsp3) is 1.00. The SMILES string of the molecule is CCNC(CN1CCCC(C(C)(C)C)CC1)C1CCCC1. The molecule has 2 atom stereocenters. The molecule has 1 aliphatic carbocycles. The molecule has 0 radical (unpaired) electrons. The van der Waals surface area contributed by atoms with Crippen molar-refractivity contribution < 1.29 is 0 Å². The number of nitrogens with one attached hydrogen (secondary N) is 1. The lowest BCUT2D eigenvalue weighted by Gasteiger charge is -2.32. The average Bonchev–Trinajstić information content (AvgIpc) is 2.83. The molecule has 1 saturated carbocycles. The molecule has 21 heavy (non-hydrogen) atoms. The van der Waals surface area contributed by atoms with Crippen LogP contribution < -0.4 is 5.32 Å². The molecule has 1 aliphatic heterocycles. The van der Waals surface area contributed by atoms with Gasteiger partial charge in [-0.25, -0.2) is 0 Å². The third-order valence-corrected chi connectivity index (χ3v) is 5.94. The summed E-state index contributed by atoms with van der Waals surface area (Å²) >= 11 is 0. The summed E-state index contributed by atoms with van der Waals surface area (Å²) in [5, 5.41) is 3.79. The molecule has 124 valence electrons. The second-order valence-electron chi connectivity index (χ2n) is 8.50. The lowest BCUT2D eigenvalue weighted by atomic mass is 9.77. The van der Waals surface area contributed by atoms with Crippen LogP contribution in [-0.4, -0.2) is 37.1 Å². The first-order valence-corrected chi connectivity index (χ1v) is 9.46. The van der Waals surface area contributed by atoms with Gasteiger partial charge in [0.05, 0.1) is 0 Å². The maximum absolute atomic E-state index is 3.79. The van der Waals surface area contributed by atoms with E-state index in [-0.39, 0.29) is 0 Å². The molecule has 2 fully saturated rings. The smallest absolute Gasteiger partial charge is 0.0223 e. The summed E-state index contributed by atoms with van der Waals surface area (Å²) in [4.78, 5) is 2.76. The summed E-state index contributed by atoms with van der Waals surface area (Å²) in [7, 11) is 0. The van der Waals surface area contributed by atoms with Crippen molar-refractivity contribution in [1.29, 1.82) is 0 Å². The van der Waals surface area contributed by atoms with E-state index >= 15 is 0 Å². The van der Waals surface area contributed by atoms with Crippen molar-refractivity contribution in [2.24, 2.45) is 17.3 Å². The van der Waals surface area contributed by atoms with Gasteiger partial charge in [0.15, 0.2) is 0 Å². The van der Waals surface area contributed by atoms with Gasteiger partial charge in [-0.2, -0.15) is 0 Å². The van der Waals surface area contributed by atoms with E-state index in [9.17, 15) is 0 Å². The Morgan fingerprint density at radius 3 is 2.33 bits per heavy atom. The maximum atomic E-state index is 3.79. The summed E-state index contributed by atoms with van der Waals surface area (Å²) in [6.45, 7) is 14.6. The number of nitrogens with zero attached hydrogens (tertiary/aromatic N) is 1. The van der Waals surface area contributed by atoms with Gasteiger partial charge in [-0.3, -0.25) is 0 Å². The normalized spacial score (nSPS) is 27.7. The molecule has 1 N–H and O–H groups in total. The van der Waals surface area contributed by atoms with Crippen molar-refractivity contribution in [2.45, 2.75) is 78.7 Å². The van der Waals surface area contributed by atoms with Crippen molar-refractivity contribution in [3.8, 4) is 0 Å². The Morgan fingerprint density at radius 2 is 1.71 bits per heavy atom. The highest BCUT2D eigenvalue weighted by Gasteiger charge is 2.30. The van der Waals surface area contributed by atoms with E-state index in [2.05, 4.69) is 37.9 Å². The molecule has 0 spiro atoms. The highest BCUT2D eigenvalue weighted by Crippen LogP contribution is 2.34. The van der Waals surface area contributed by atoms with Gasteiger partial charge in [0.25, 0.3) is 0 Å². The third kappa shape index (κ3) is 5.25. The topological polar surface area (TPSA) is 15.3 Å². The fourth-order valence-corrected chi connectivity index (χ4v) is 4.48. The zero-order chi connectivity index (χ0) is 15.3. The van der Waals surface area contributed by atoms with Crippen molar-refractivity contribution in [3.63, 3.8) is 0 Å². The molecular formula is C19H38N2. The molecule has 0 aromatic carbocycles. The first kappa shape index (κ1) is 17.3. The maximum Gasteiger partial charge on any atom is 0.0223 e. The van der Waals surface area contributed by atoms with Gasteiger partial charge in [-0.15, -0.1) is 0 Å². The van der Waals surface area contributed by atoms with Crippen LogP contribution in [0.25, 0.3) is 0 Å². The Labute approximate surface area is 133 Å². The van der Waals surface area contributed by atoms with E-state index in [1.54, 1.807) is 0 Å². The molecule has 2 nitrogen and oxygen atoms in total. The largest absolute Gasteiger partial charge is 0.313 e. The van der Waals surface area contributed by atoms with Crippen LogP contribution in [0.5, 0.6) is 0 Å². The van der Waals surface area contributed by atoms with E-state index < -0.39 is 0 Å². The Hall–Kier alpha value is -0.0800. The molecule has 0 bridgehead atoms. The predicted octanol–water partition coefficient (Wildman–Crippen LogP) is 4.30. The number of likely N-dealkylation sites (N-methyl/N-ethyl adjacent to an activating group) is 1. The minimum Gasteiger partial charge on any atom is -0.313 e. The fourth-order valence-electron chi connectivity index (χ4n) is 4.48. The Bertz CT molecular complexity index is 288. The number of hydrogen-bond donors (Lipinski definition) is 1. The molecule has 0 aromatic heterocycles. The van der Waals surface area contributed by atoms with Gasteiger partial charge in [-0.1, -0.05) is 40.5 Å². The first-order chi connectivity index (χ1) is 10.0. The van der Waals surface area contributed by atoms with Crippen molar-refractivity contribution in [3.05, 3.63) is 0 Å². The van der Waals surface area contributed by atoms with Gasteiger partial charge in [0.1, 0.15) is 0 Å². The molecule has 1 saturated heterocycles. The first-order valence-electron chi connectivity index (χ1n) is 9.46. The highest BCUT2D eigenvalue weighted by atomic mass is 15.1. The van der Waals surface area contributed by atoms with Crippen LogP contribution >= 0.6 is 0 Å². The zero-order valence-corrected chi connectivity index (χ0v) is 15.0. The summed E-state index contributed by atoms with van der Waals surface area (Å²) in [5.41, 5.74) is 0.489. The summed E-state index contributed by atoms with van der Waals surface area (Å²) in [6.07, 6.45) is 10.0. The molecule has 2 rings (SSSR count). The van der Waals surface area contributed by atoms with Crippen LogP contribution in [0.1, 0.15) is 72.6 Å². The number of likely N-dealkylation sites (tertiary alicyclic amines) is 1. The second kappa shape index (κ2) is 7.97. The summed E-state index contributed by atoms with van der Waals surface area (Å²) in [5.74, 6) is 1.85. The molecule has 0 aromatic rings. The Balaban J connectivity index is 1.85. The number of rotatable bonds is 5. The van der Waals surface area contributed by atoms with Crippen LogP contribution in [0.15, 0.2) is 0 Å². The standard InChI is InChI=1S/C19H38N2/c1-5-20-18(16-9-6-7-10-16)15-21-13-8-11-17(12-14-21)19(2,3)4/h16-18,20H,5-15H2,1-4H3. The van der Waals surface area contributed by atoms with E-state index in [4.69, 9.17) is 0 Å². The van der Waals surface area contributed by atoms with Crippen LogP contribution in [0.4, 0.5) is 0 Å². The third-order valence-electron chi connectivity index (χ3n) is 5.94. The molecule has 2 heteroatoms. The van der Waals surface area contributed by atoms with Crippen LogP contribution in [0, 0.1) is 17.3 Å². The Kier molecular flexibility index (Phi) is 6.55. The van der Waals surface area contributed by atoms with Crippen LogP contribution in [-0.2, 0) is 0 Å². The molecule has 0 amide bonds. The zero-order valence-electron chi connectivity index (χ0n) is 15.0. The lowest BCUT2D eigenvalue weighted by molar-refractivity contribution is 0.192. The monoisotopic (exact) mass is 294 g/mol. The quantitative estimate of drug-likeness (QED) is 0.813. The van der Waals surface area contributed by atoms with Gasteiger partial charge in [0, 0.05) is 12.6 Å². The van der Waals surface area contributed by atoms with E-state index in [0.717, 1.165) is 24.4 Å². The van der Waals surface area contributed by atoms with E-state index in [1.807, 2.05) is 0 Å². The predicted molar refractivity (Wildman–Crippen MR) is 92.7 cm³/mol. The summed E-state index contributed by atoms with van der Waals surface area (Å²) < 4.78 is 0. The number of hydrogen-bond acceptors (Lipinski definition) is 2. The van der Waals surface area contributed by atoms with E-state index in [1.165, 1.54) is 64.6 Å². The Morgan fingerprint density at radius 1 is 1.00 bits per heavy atom. The van der Waals surface area contributed by atoms with Crippen molar-refractivity contribution >= 4 is 0 Å².